The van der Waals surface area contributed by atoms with Gasteiger partial charge in [0.25, 0.3) is 0 Å². The van der Waals surface area contributed by atoms with Gasteiger partial charge in [-0.25, -0.2) is 0 Å². The summed E-state index contributed by atoms with van der Waals surface area (Å²) < 4.78 is 16.5. The van der Waals surface area contributed by atoms with E-state index in [4.69, 9.17) is 14.2 Å². The Hall–Kier alpha value is -1.88. The van der Waals surface area contributed by atoms with Crippen molar-refractivity contribution in [3.05, 3.63) is 35.9 Å². The molecular formula is C18H24O5. The second kappa shape index (κ2) is 8.67. The van der Waals surface area contributed by atoms with Gasteiger partial charge in [-0.3, -0.25) is 9.59 Å². The number of cyclic esters (lactones) is 2. The fraction of sp³-hybridized carbons (Fsp3) is 0.556. The highest BCUT2D eigenvalue weighted by atomic mass is 16.6. The third kappa shape index (κ3) is 5.06. The normalized spacial score (nSPS) is 25.7. The van der Waals surface area contributed by atoms with Crippen molar-refractivity contribution in [2.45, 2.75) is 45.3 Å². The lowest BCUT2D eigenvalue weighted by Gasteiger charge is -2.29. The molecule has 1 saturated heterocycles. The summed E-state index contributed by atoms with van der Waals surface area (Å²) in [6, 6.07) is 9.73. The summed E-state index contributed by atoms with van der Waals surface area (Å²) in [7, 11) is 0. The summed E-state index contributed by atoms with van der Waals surface area (Å²) in [5, 5.41) is 0. The first-order valence-corrected chi connectivity index (χ1v) is 8.13. The van der Waals surface area contributed by atoms with Crippen LogP contribution in [0, 0.1) is 5.92 Å². The summed E-state index contributed by atoms with van der Waals surface area (Å²) in [6.07, 6.45) is 0.396. The standard InChI is InChI=1S/C18H24O5/c1-3-10-21-17-13(2)23-16(19)9-11-22-18(20)15(17)12-14-7-5-4-6-8-14/h4-8,13,15,17H,3,9-12H2,1-2H3/t13-,15+,17-/m0/s1. The Labute approximate surface area is 136 Å². The van der Waals surface area contributed by atoms with Gasteiger partial charge < -0.3 is 14.2 Å². The van der Waals surface area contributed by atoms with E-state index in [0.29, 0.717) is 13.0 Å². The molecule has 0 saturated carbocycles. The van der Waals surface area contributed by atoms with Crippen LogP contribution in [0.3, 0.4) is 0 Å². The minimum atomic E-state index is -0.510. The van der Waals surface area contributed by atoms with Gasteiger partial charge in [0.1, 0.15) is 18.8 Å². The molecule has 0 spiro atoms. The summed E-state index contributed by atoms with van der Waals surface area (Å²) in [4.78, 5) is 24.2. The monoisotopic (exact) mass is 320 g/mol. The first kappa shape index (κ1) is 17.5. The Morgan fingerprint density at radius 1 is 1.22 bits per heavy atom. The average Bonchev–Trinajstić information content (AvgIpc) is 2.58. The molecule has 1 aliphatic heterocycles. The lowest BCUT2D eigenvalue weighted by molar-refractivity contribution is -0.163. The largest absolute Gasteiger partial charge is 0.465 e. The first-order chi connectivity index (χ1) is 11.1. The molecule has 23 heavy (non-hydrogen) atoms. The van der Waals surface area contributed by atoms with Gasteiger partial charge >= 0.3 is 11.9 Å². The molecule has 0 aliphatic carbocycles. The van der Waals surface area contributed by atoms with Crippen molar-refractivity contribution >= 4 is 11.9 Å². The van der Waals surface area contributed by atoms with Crippen LogP contribution in [0.15, 0.2) is 30.3 Å². The van der Waals surface area contributed by atoms with Crippen LogP contribution in [-0.2, 0) is 30.2 Å². The predicted molar refractivity (Wildman–Crippen MR) is 84.8 cm³/mol. The zero-order valence-corrected chi connectivity index (χ0v) is 13.7. The molecule has 1 heterocycles. The Balaban J connectivity index is 2.24. The van der Waals surface area contributed by atoms with Crippen LogP contribution in [0.2, 0.25) is 0 Å². The van der Waals surface area contributed by atoms with Gasteiger partial charge in [-0.05, 0) is 25.3 Å². The van der Waals surface area contributed by atoms with Gasteiger partial charge in [-0.1, -0.05) is 37.3 Å². The second-order valence-electron chi connectivity index (χ2n) is 5.74. The van der Waals surface area contributed by atoms with Crippen LogP contribution in [0.5, 0.6) is 0 Å². The number of rotatable bonds is 5. The minimum absolute atomic E-state index is 0.0518. The highest BCUT2D eigenvalue weighted by Gasteiger charge is 2.37. The molecule has 0 aromatic heterocycles. The summed E-state index contributed by atoms with van der Waals surface area (Å²) in [5.74, 6) is -1.19. The van der Waals surface area contributed by atoms with E-state index >= 15 is 0 Å². The molecule has 1 fully saturated rings. The molecule has 0 bridgehead atoms. The number of carbonyl (C=O) groups is 2. The molecular weight excluding hydrogens is 296 g/mol. The maximum absolute atomic E-state index is 12.5. The van der Waals surface area contributed by atoms with Crippen molar-refractivity contribution in [1.29, 1.82) is 0 Å². The van der Waals surface area contributed by atoms with Crippen LogP contribution in [0.4, 0.5) is 0 Å². The number of hydrogen-bond acceptors (Lipinski definition) is 5. The molecule has 1 aromatic carbocycles. The van der Waals surface area contributed by atoms with E-state index < -0.39 is 18.1 Å². The zero-order valence-electron chi connectivity index (χ0n) is 13.7. The third-order valence-corrected chi connectivity index (χ3v) is 3.84. The summed E-state index contributed by atoms with van der Waals surface area (Å²) >= 11 is 0. The Kier molecular flexibility index (Phi) is 6.59. The number of hydrogen-bond donors (Lipinski definition) is 0. The van der Waals surface area contributed by atoms with Crippen LogP contribution >= 0.6 is 0 Å². The maximum atomic E-state index is 12.5. The first-order valence-electron chi connectivity index (χ1n) is 8.13. The number of esters is 2. The highest BCUT2D eigenvalue weighted by Crippen LogP contribution is 2.23. The third-order valence-electron chi connectivity index (χ3n) is 3.84. The van der Waals surface area contributed by atoms with E-state index in [-0.39, 0.29) is 25.0 Å². The van der Waals surface area contributed by atoms with Crippen molar-refractivity contribution in [3.63, 3.8) is 0 Å². The van der Waals surface area contributed by atoms with Crippen molar-refractivity contribution in [2.75, 3.05) is 13.2 Å². The van der Waals surface area contributed by atoms with Crippen LogP contribution in [-0.4, -0.2) is 37.4 Å². The molecule has 1 aromatic rings. The fourth-order valence-electron chi connectivity index (χ4n) is 2.71. The summed E-state index contributed by atoms with van der Waals surface area (Å²) in [6.45, 7) is 4.33. The van der Waals surface area contributed by atoms with E-state index in [2.05, 4.69) is 0 Å². The lowest BCUT2D eigenvalue weighted by Crippen LogP contribution is -2.42. The minimum Gasteiger partial charge on any atom is -0.465 e. The smallest absolute Gasteiger partial charge is 0.312 e. The zero-order chi connectivity index (χ0) is 16.7. The van der Waals surface area contributed by atoms with Crippen molar-refractivity contribution < 1.29 is 23.8 Å². The van der Waals surface area contributed by atoms with Crippen LogP contribution in [0.25, 0.3) is 0 Å². The predicted octanol–water partition coefficient (Wildman–Crippen LogP) is 2.52. The highest BCUT2D eigenvalue weighted by molar-refractivity contribution is 5.75. The molecule has 0 N–H and O–H groups in total. The molecule has 3 atom stereocenters. The molecule has 0 unspecified atom stereocenters. The maximum Gasteiger partial charge on any atom is 0.312 e. The Morgan fingerprint density at radius 2 is 1.96 bits per heavy atom. The van der Waals surface area contributed by atoms with Gasteiger partial charge in [0, 0.05) is 6.61 Å². The lowest BCUT2D eigenvalue weighted by atomic mass is 9.91. The van der Waals surface area contributed by atoms with Gasteiger partial charge in [0.05, 0.1) is 12.3 Å². The van der Waals surface area contributed by atoms with Gasteiger partial charge in [0.15, 0.2) is 0 Å². The van der Waals surface area contributed by atoms with E-state index in [0.717, 1.165) is 12.0 Å². The van der Waals surface area contributed by atoms with Crippen molar-refractivity contribution in [3.8, 4) is 0 Å². The molecule has 0 amide bonds. The molecule has 1 aliphatic rings. The molecule has 126 valence electrons. The number of carbonyl (C=O) groups excluding carboxylic acids is 2. The van der Waals surface area contributed by atoms with Crippen molar-refractivity contribution in [2.24, 2.45) is 5.92 Å². The SMILES string of the molecule is CCCO[C@H]1[C@H](C)OC(=O)CCOC(=O)[C@@H]1Cc1ccccc1. The molecule has 5 heteroatoms. The Bertz CT molecular complexity index is 513. The van der Waals surface area contributed by atoms with E-state index in [9.17, 15) is 9.59 Å². The van der Waals surface area contributed by atoms with E-state index in [1.807, 2.05) is 37.3 Å². The quantitative estimate of drug-likeness (QED) is 0.780. The second-order valence-corrected chi connectivity index (χ2v) is 5.74. The number of benzene rings is 1. The van der Waals surface area contributed by atoms with Crippen molar-refractivity contribution in [1.82, 2.24) is 0 Å². The topological polar surface area (TPSA) is 61.8 Å². The van der Waals surface area contributed by atoms with Gasteiger partial charge in [-0.2, -0.15) is 0 Å². The van der Waals surface area contributed by atoms with E-state index in [1.165, 1.54) is 0 Å². The molecule has 2 rings (SSSR count). The fourth-order valence-corrected chi connectivity index (χ4v) is 2.71. The van der Waals surface area contributed by atoms with Crippen LogP contribution in [0.1, 0.15) is 32.3 Å². The van der Waals surface area contributed by atoms with Gasteiger partial charge in [-0.15, -0.1) is 0 Å². The average molecular weight is 320 g/mol. The molecule has 0 radical (unpaired) electrons. The molecule has 5 nitrogen and oxygen atoms in total. The summed E-state index contributed by atoms with van der Waals surface area (Å²) in [5.41, 5.74) is 1.03. The van der Waals surface area contributed by atoms with E-state index in [1.54, 1.807) is 6.92 Å². The van der Waals surface area contributed by atoms with Crippen LogP contribution < -0.4 is 0 Å². The Morgan fingerprint density at radius 3 is 2.65 bits per heavy atom. The van der Waals surface area contributed by atoms with Gasteiger partial charge in [0.2, 0.25) is 0 Å². The number of ether oxygens (including phenoxy) is 3.